The molecule has 5 heteroatoms. The number of hydrogen-bond donors (Lipinski definition) is 2. The number of carbonyl (C=O) groups excluding carboxylic acids is 1. The summed E-state index contributed by atoms with van der Waals surface area (Å²) >= 11 is 0. The topological polar surface area (TPSA) is 50.4 Å². The lowest BCUT2D eigenvalue weighted by Gasteiger charge is -2.37. The van der Waals surface area contributed by atoms with Gasteiger partial charge in [-0.1, -0.05) is 0 Å². The molecule has 0 aliphatic carbocycles. The molecular weight excluding hydrogens is 271 g/mol. The maximum Gasteiger partial charge on any atom is 0.251 e. The molecular formula is C16H23FN2O2. The third-order valence-corrected chi connectivity index (χ3v) is 4.16. The molecule has 0 atom stereocenters. The van der Waals surface area contributed by atoms with E-state index in [9.17, 15) is 9.18 Å². The van der Waals surface area contributed by atoms with Crippen molar-refractivity contribution in [2.24, 2.45) is 5.41 Å². The minimum atomic E-state index is -0.291. The Hall–Kier alpha value is -1.46. The van der Waals surface area contributed by atoms with E-state index in [2.05, 4.69) is 10.6 Å². The van der Waals surface area contributed by atoms with Crippen LogP contribution in [0.2, 0.25) is 0 Å². The second-order valence-electron chi connectivity index (χ2n) is 5.83. The van der Waals surface area contributed by atoms with Crippen molar-refractivity contribution in [1.29, 1.82) is 0 Å². The van der Waals surface area contributed by atoms with Crippen molar-refractivity contribution >= 4 is 5.91 Å². The molecule has 1 amide bonds. The molecule has 4 nitrogen and oxygen atoms in total. The summed E-state index contributed by atoms with van der Waals surface area (Å²) in [7, 11) is 1.69. The molecule has 1 heterocycles. The Kier molecular flexibility index (Phi) is 5.31. The number of amides is 1. The van der Waals surface area contributed by atoms with Gasteiger partial charge in [0.1, 0.15) is 5.82 Å². The number of rotatable bonds is 5. The fraction of sp³-hybridized carbons (Fsp3) is 0.562. The third kappa shape index (κ3) is 4.02. The SMILES string of the molecule is COCC1(CNC(=O)c2ccc(F)c(C)c2)CCNCC1. The highest BCUT2D eigenvalue weighted by Gasteiger charge is 2.32. The van der Waals surface area contributed by atoms with E-state index < -0.39 is 0 Å². The highest BCUT2D eigenvalue weighted by atomic mass is 19.1. The van der Waals surface area contributed by atoms with Gasteiger partial charge in [0, 0.05) is 24.6 Å². The first kappa shape index (κ1) is 15.9. The average molecular weight is 294 g/mol. The van der Waals surface area contributed by atoms with Gasteiger partial charge in [-0.05, 0) is 56.6 Å². The van der Waals surface area contributed by atoms with Crippen LogP contribution in [-0.4, -0.2) is 39.3 Å². The summed E-state index contributed by atoms with van der Waals surface area (Å²) in [5, 5.41) is 6.29. The van der Waals surface area contributed by atoms with Gasteiger partial charge in [-0.15, -0.1) is 0 Å². The molecule has 0 unspecified atom stereocenters. The lowest BCUT2D eigenvalue weighted by Crippen LogP contribution is -2.47. The number of methoxy groups -OCH3 is 1. The molecule has 0 saturated carbocycles. The lowest BCUT2D eigenvalue weighted by atomic mass is 9.79. The maximum absolute atomic E-state index is 13.2. The van der Waals surface area contributed by atoms with Crippen molar-refractivity contribution < 1.29 is 13.9 Å². The van der Waals surface area contributed by atoms with E-state index in [0.29, 0.717) is 24.3 Å². The van der Waals surface area contributed by atoms with Gasteiger partial charge in [0.15, 0.2) is 0 Å². The van der Waals surface area contributed by atoms with Crippen LogP contribution in [0.25, 0.3) is 0 Å². The van der Waals surface area contributed by atoms with Crippen LogP contribution < -0.4 is 10.6 Å². The number of halogens is 1. The van der Waals surface area contributed by atoms with E-state index in [1.807, 2.05) is 0 Å². The van der Waals surface area contributed by atoms with E-state index in [1.54, 1.807) is 20.1 Å². The van der Waals surface area contributed by atoms with Crippen molar-refractivity contribution in [3.63, 3.8) is 0 Å². The fourth-order valence-corrected chi connectivity index (χ4v) is 2.79. The molecule has 0 aromatic heterocycles. The van der Waals surface area contributed by atoms with Crippen LogP contribution in [0.5, 0.6) is 0 Å². The number of aryl methyl sites for hydroxylation is 1. The van der Waals surface area contributed by atoms with Crippen molar-refractivity contribution in [3.05, 3.63) is 35.1 Å². The molecule has 1 aliphatic heterocycles. The molecule has 21 heavy (non-hydrogen) atoms. The van der Waals surface area contributed by atoms with Gasteiger partial charge in [0.25, 0.3) is 5.91 Å². The summed E-state index contributed by atoms with van der Waals surface area (Å²) in [6.45, 7) is 4.75. The van der Waals surface area contributed by atoms with Crippen LogP contribution in [0.4, 0.5) is 4.39 Å². The van der Waals surface area contributed by atoms with Crippen molar-refractivity contribution in [1.82, 2.24) is 10.6 Å². The first-order valence-corrected chi connectivity index (χ1v) is 7.30. The van der Waals surface area contributed by atoms with Crippen molar-refractivity contribution in [2.75, 3.05) is 33.4 Å². The Balaban J connectivity index is 1.99. The fourth-order valence-electron chi connectivity index (χ4n) is 2.79. The molecule has 0 spiro atoms. The molecule has 1 aromatic carbocycles. The van der Waals surface area contributed by atoms with Crippen LogP contribution >= 0.6 is 0 Å². The lowest BCUT2D eigenvalue weighted by molar-refractivity contribution is 0.0511. The summed E-state index contributed by atoms with van der Waals surface area (Å²) in [5.74, 6) is -0.451. The van der Waals surface area contributed by atoms with Crippen LogP contribution in [0.1, 0.15) is 28.8 Å². The summed E-state index contributed by atoms with van der Waals surface area (Å²) in [6, 6.07) is 4.43. The monoisotopic (exact) mass is 294 g/mol. The number of hydrogen-bond acceptors (Lipinski definition) is 3. The zero-order valence-electron chi connectivity index (χ0n) is 12.7. The normalized spacial score (nSPS) is 17.5. The van der Waals surface area contributed by atoms with Crippen molar-refractivity contribution in [2.45, 2.75) is 19.8 Å². The molecule has 1 aromatic rings. The highest BCUT2D eigenvalue weighted by Crippen LogP contribution is 2.28. The number of piperidine rings is 1. The van der Waals surface area contributed by atoms with E-state index >= 15 is 0 Å². The Labute approximate surface area is 125 Å². The minimum absolute atomic E-state index is 0.00919. The predicted molar refractivity (Wildman–Crippen MR) is 79.9 cm³/mol. The van der Waals surface area contributed by atoms with E-state index in [0.717, 1.165) is 25.9 Å². The van der Waals surface area contributed by atoms with Gasteiger partial charge in [-0.3, -0.25) is 4.79 Å². The number of carbonyl (C=O) groups is 1. The summed E-state index contributed by atoms with van der Waals surface area (Å²) < 4.78 is 18.6. The quantitative estimate of drug-likeness (QED) is 0.872. The molecule has 1 saturated heterocycles. The number of nitrogens with one attached hydrogen (secondary N) is 2. The third-order valence-electron chi connectivity index (χ3n) is 4.16. The Morgan fingerprint density at radius 3 is 2.76 bits per heavy atom. The van der Waals surface area contributed by atoms with Crippen molar-refractivity contribution in [3.8, 4) is 0 Å². The predicted octanol–water partition coefficient (Wildman–Crippen LogP) is 1.88. The van der Waals surface area contributed by atoms with Gasteiger partial charge in [0.2, 0.25) is 0 Å². The Morgan fingerprint density at radius 1 is 1.43 bits per heavy atom. The van der Waals surface area contributed by atoms with Crippen LogP contribution in [0.3, 0.4) is 0 Å². The molecule has 1 fully saturated rings. The molecule has 2 rings (SSSR count). The average Bonchev–Trinajstić information content (AvgIpc) is 2.49. The second-order valence-corrected chi connectivity index (χ2v) is 5.83. The Bertz CT molecular complexity index is 494. The highest BCUT2D eigenvalue weighted by molar-refractivity contribution is 5.94. The smallest absolute Gasteiger partial charge is 0.251 e. The first-order valence-electron chi connectivity index (χ1n) is 7.30. The van der Waals surface area contributed by atoms with E-state index in [1.165, 1.54) is 12.1 Å². The number of ether oxygens (including phenoxy) is 1. The zero-order valence-corrected chi connectivity index (χ0v) is 12.7. The second kappa shape index (κ2) is 7.00. The summed E-state index contributed by atoms with van der Waals surface area (Å²) in [4.78, 5) is 12.2. The summed E-state index contributed by atoms with van der Waals surface area (Å²) in [6.07, 6.45) is 1.95. The molecule has 2 N–H and O–H groups in total. The standard InChI is InChI=1S/C16H23FN2O2/c1-12-9-13(3-4-14(12)17)15(20)19-10-16(11-21-2)5-7-18-8-6-16/h3-4,9,18H,5-8,10-11H2,1-2H3,(H,19,20). The van der Waals surface area contributed by atoms with Crippen LogP contribution in [-0.2, 0) is 4.74 Å². The summed E-state index contributed by atoms with van der Waals surface area (Å²) in [5.41, 5.74) is 0.969. The molecule has 1 aliphatic rings. The van der Waals surface area contributed by atoms with Gasteiger partial charge in [-0.25, -0.2) is 4.39 Å². The maximum atomic E-state index is 13.2. The van der Waals surface area contributed by atoms with Crippen LogP contribution in [0.15, 0.2) is 18.2 Å². The van der Waals surface area contributed by atoms with Crippen LogP contribution in [0, 0.1) is 18.2 Å². The molecule has 0 bridgehead atoms. The molecule has 0 radical (unpaired) electrons. The zero-order chi connectivity index (χ0) is 15.3. The van der Waals surface area contributed by atoms with Gasteiger partial charge in [0.05, 0.1) is 6.61 Å². The molecule has 116 valence electrons. The van der Waals surface area contributed by atoms with Gasteiger partial charge >= 0.3 is 0 Å². The van der Waals surface area contributed by atoms with Gasteiger partial charge in [-0.2, -0.15) is 0 Å². The van der Waals surface area contributed by atoms with E-state index in [4.69, 9.17) is 4.74 Å². The largest absolute Gasteiger partial charge is 0.384 e. The first-order chi connectivity index (χ1) is 10.1. The number of benzene rings is 1. The Morgan fingerprint density at radius 2 is 2.14 bits per heavy atom. The van der Waals surface area contributed by atoms with Gasteiger partial charge < -0.3 is 15.4 Å². The minimum Gasteiger partial charge on any atom is -0.384 e. The van der Waals surface area contributed by atoms with E-state index in [-0.39, 0.29) is 17.1 Å².